The molecule has 0 amide bonds. The smallest absolute Gasteiger partial charge is 0.313 e. The van der Waals surface area contributed by atoms with Crippen molar-refractivity contribution in [3.05, 3.63) is 0 Å². The van der Waals surface area contributed by atoms with Crippen molar-refractivity contribution in [3.63, 3.8) is 0 Å². The number of alkyl halides is 1. The van der Waals surface area contributed by atoms with Gasteiger partial charge in [0, 0.05) is 6.61 Å². The fourth-order valence-electron chi connectivity index (χ4n) is 2.13. The lowest BCUT2D eigenvalue weighted by Gasteiger charge is -2.02. The monoisotopic (exact) mass is 414 g/mol. The summed E-state index contributed by atoms with van der Waals surface area (Å²) in [5.74, 6) is -0.759. The number of aliphatic hydroxyl groups is 1. The van der Waals surface area contributed by atoms with Crippen LogP contribution in [0.15, 0.2) is 0 Å². The van der Waals surface area contributed by atoms with Crippen LogP contribution < -0.4 is 0 Å². The Balaban J connectivity index is 0. The van der Waals surface area contributed by atoms with Gasteiger partial charge in [0.05, 0.1) is 4.43 Å². The zero-order valence-electron chi connectivity index (χ0n) is 13.8. The molecule has 0 radical (unpaired) electrons. The number of aliphatic carboxylic acids is 1. The molecule has 0 rings (SSSR count). The first-order valence-electron chi connectivity index (χ1n) is 8.57. The molecule has 0 aliphatic heterocycles. The maximum absolute atomic E-state index is 9.36. The van der Waals surface area contributed by atoms with Crippen LogP contribution in [0.25, 0.3) is 0 Å². The van der Waals surface area contributed by atoms with Gasteiger partial charge in [0.2, 0.25) is 0 Å². The van der Waals surface area contributed by atoms with Gasteiger partial charge in [0.25, 0.3) is 0 Å². The molecule has 0 fully saturated rings. The van der Waals surface area contributed by atoms with E-state index in [0.29, 0.717) is 6.61 Å². The third-order valence-corrected chi connectivity index (χ3v) is 4.03. The molecule has 4 heteroatoms. The fourth-order valence-corrected chi connectivity index (χ4v) is 2.13. The van der Waals surface area contributed by atoms with E-state index in [2.05, 4.69) is 6.92 Å². The molecule has 0 heterocycles. The number of halogens is 1. The zero-order valence-corrected chi connectivity index (χ0v) is 15.9. The third kappa shape index (κ3) is 28.9. The molecule has 0 aliphatic rings. The van der Waals surface area contributed by atoms with Crippen LogP contribution in [0.3, 0.4) is 0 Å². The van der Waals surface area contributed by atoms with Crippen molar-refractivity contribution in [1.82, 2.24) is 0 Å². The van der Waals surface area contributed by atoms with Gasteiger partial charge in [0.1, 0.15) is 0 Å². The Morgan fingerprint density at radius 1 is 0.762 bits per heavy atom. The summed E-state index contributed by atoms with van der Waals surface area (Å²) in [6, 6.07) is 0. The summed E-state index contributed by atoms with van der Waals surface area (Å²) in [6.45, 7) is 2.65. The van der Waals surface area contributed by atoms with Crippen molar-refractivity contribution in [3.8, 4) is 0 Å². The summed E-state index contributed by atoms with van der Waals surface area (Å²) in [4.78, 5) is 9.36. The molecular formula is C17H35IO3. The largest absolute Gasteiger partial charge is 0.481 e. The third-order valence-electron chi connectivity index (χ3n) is 3.38. The summed E-state index contributed by atoms with van der Waals surface area (Å²) in [5.41, 5.74) is 0. The lowest BCUT2D eigenvalue weighted by molar-refractivity contribution is -0.133. The van der Waals surface area contributed by atoms with Gasteiger partial charge < -0.3 is 10.2 Å². The Hall–Kier alpha value is 0.160. The lowest BCUT2D eigenvalue weighted by Crippen LogP contribution is -1.91. The first-order valence-corrected chi connectivity index (χ1v) is 10.1. The Morgan fingerprint density at radius 2 is 1.05 bits per heavy atom. The van der Waals surface area contributed by atoms with Crippen molar-refractivity contribution in [2.45, 2.75) is 90.4 Å². The minimum absolute atomic E-state index is 0.192. The number of hydrogen-bond donors (Lipinski definition) is 2. The van der Waals surface area contributed by atoms with Crippen molar-refractivity contribution in [2.24, 2.45) is 0 Å². The zero-order chi connectivity index (χ0) is 16.2. The predicted octanol–water partition coefficient (Wildman–Crippen LogP) is 5.58. The Labute approximate surface area is 145 Å². The van der Waals surface area contributed by atoms with Gasteiger partial charge in [-0.2, -0.15) is 0 Å². The van der Waals surface area contributed by atoms with E-state index in [1.165, 1.54) is 77.0 Å². The standard InChI is InChI=1S/C15H32O.C2H3IO2/c1-2-3-4-5-6-7-8-9-10-11-12-13-14-15-16;3-1-2(4)5/h16H,2-15H2,1H3;1H2,(H,4,5). The van der Waals surface area contributed by atoms with E-state index in [0.717, 1.165) is 6.42 Å². The van der Waals surface area contributed by atoms with Gasteiger partial charge >= 0.3 is 5.97 Å². The van der Waals surface area contributed by atoms with E-state index in [4.69, 9.17) is 10.2 Å². The van der Waals surface area contributed by atoms with E-state index in [1.54, 1.807) is 22.6 Å². The molecule has 21 heavy (non-hydrogen) atoms. The van der Waals surface area contributed by atoms with Gasteiger partial charge in [0.15, 0.2) is 0 Å². The van der Waals surface area contributed by atoms with E-state index < -0.39 is 5.97 Å². The second-order valence-corrected chi connectivity index (χ2v) is 6.26. The molecule has 0 aromatic carbocycles. The number of rotatable bonds is 14. The summed E-state index contributed by atoms with van der Waals surface area (Å²) in [5, 5.41) is 16.3. The number of hydrogen-bond acceptors (Lipinski definition) is 2. The lowest BCUT2D eigenvalue weighted by atomic mass is 10.0. The summed E-state index contributed by atoms with van der Waals surface area (Å²) < 4.78 is 0.192. The number of carboxylic acid groups (broad SMARTS) is 1. The van der Waals surface area contributed by atoms with Gasteiger partial charge in [-0.3, -0.25) is 4.79 Å². The average molecular weight is 414 g/mol. The van der Waals surface area contributed by atoms with Crippen molar-refractivity contribution < 1.29 is 15.0 Å². The van der Waals surface area contributed by atoms with Crippen molar-refractivity contribution in [2.75, 3.05) is 11.0 Å². The molecule has 0 bridgehead atoms. The van der Waals surface area contributed by atoms with Gasteiger partial charge in [-0.1, -0.05) is 107 Å². The molecule has 2 N–H and O–H groups in total. The Morgan fingerprint density at radius 3 is 1.29 bits per heavy atom. The molecule has 0 aromatic rings. The average Bonchev–Trinajstić information content (AvgIpc) is 2.49. The van der Waals surface area contributed by atoms with Crippen molar-refractivity contribution >= 4 is 28.6 Å². The van der Waals surface area contributed by atoms with Crippen LogP contribution in [0.2, 0.25) is 0 Å². The number of unbranched alkanes of at least 4 members (excludes halogenated alkanes) is 12. The number of aliphatic hydroxyl groups excluding tert-OH is 1. The second-order valence-electron chi connectivity index (χ2n) is 5.49. The topological polar surface area (TPSA) is 57.5 Å². The van der Waals surface area contributed by atoms with Crippen LogP contribution >= 0.6 is 22.6 Å². The minimum atomic E-state index is -0.759. The van der Waals surface area contributed by atoms with Gasteiger partial charge in [-0.25, -0.2) is 0 Å². The van der Waals surface area contributed by atoms with E-state index in [9.17, 15) is 4.79 Å². The molecule has 128 valence electrons. The number of carbonyl (C=O) groups is 1. The highest BCUT2D eigenvalue weighted by Gasteiger charge is 1.93. The predicted molar refractivity (Wildman–Crippen MR) is 99.3 cm³/mol. The quantitative estimate of drug-likeness (QED) is 0.222. The van der Waals surface area contributed by atoms with Crippen LogP contribution in [0.1, 0.15) is 90.4 Å². The summed E-state index contributed by atoms with van der Waals surface area (Å²) in [6.07, 6.45) is 17.7. The molecule has 3 nitrogen and oxygen atoms in total. The summed E-state index contributed by atoms with van der Waals surface area (Å²) in [7, 11) is 0. The SMILES string of the molecule is CCCCCCCCCCCCCCCO.O=C(O)CI. The molecule has 0 saturated heterocycles. The van der Waals surface area contributed by atoms with Gasteiger partial charge in [-0.15, -0.1) is 0 Å². The first-order chi connectivity index (χ1) is 10.2. The molecule has 0 atom stereocenters. The minimum Gasteiger partial charge on any atom is -0.481 e. The molecule has 0 unspecified atom stereocenters. The molecule has 0 saturated carbocycles. The van der Waals surface area contributed by atoms with Crippen molar-refractivity contribution in [1.29, 1.82) is 0 Å². The molecule has 0 spiro atoms. The highest BCUT2D eigenvalue weighted by atomic mass is 127. The second kappa shape index (κ2) is 22.4. The van der Waals surface area contributed by atoms with E-state index in [-0.39, 0.29) is 4.43 Å². The summed E-state index contributed by atoms with van der Waals surface area (Å²) >= 11 is 1.78. The molecule has 0 aliphatic carbocycles. The molecule has 0 aromatic heterocycles. The fraction of sp³-hybridized carbons (Fsp3) is 0.941. The maximum atomic E-state index is 9.36. The number of carboxylic acids is 1. The van der Waals surface area contributed by atoms with E-state index >= 15 is 0 Å². The van der Waals surface area contributed by atoms with Crippen LogP contribution in [0, 0.1) is 0 Å². The highest BCUT2D eigenvalue weighted by Crippen LogP contribution is 2.12. The highest BCUT2D eigenvalue weighted by molar-refractivity contribution is 14.1. The van der Waals surface area contributed by atoms with Crippen LogP contribution in [-0.2, 0) is 4.79 Å². The molecular weight excluding hydrogens is 379 g/mol. The van der Waals surface area contributed by atoms with Gasteiger partial charge in [-0.05, 0) is 6.42 Å². The van der Waals surface area contributed by atoms with Crippen LogP contribution in [0.4, 0.5) is 0 Å². The first kappa shape index (κ1) is 23.4. The van der Waals surface area contributed by atoms with E-state index in [1.807, 2.05) is 0 Å². The normalized spacial score (nSPS) is 10.0. The Kier molecular flexibility index (Phi) is 25.0. The Bertz CT molecular complexity index is 184. The van der Waals surface area contributed by atoms with Crippen LogP contribution in [0.5, 0.6) is 0 Å². The van der Waals surface area contributed by atoms with Crippen LogP contribution in [-0.4, -0.2) is 27.2 Å². The maximum Gasteiger partial charge on any atom is 0.313 e.